The minimum absolute atomic E-state index is 0.375. The first kappa shape index (κ1) is 14.5. The molecule has 3 aliphatic carbocycles. The number of hydrogen-bond donors (Lipinski definition) is 0. The third-order valence-corrected chi connectivity index (χ3v) is 8.04. The van der Waals surface area contributed by atoms with Crippen LogP contribution in [0, 0.1) is 17.8 Å². The van der Waals surface area contributed by atoms with E-state index >= 15 is 0 Å². The van der Waals surface area contributed by atoms with Gasteiger partial charge in [0.25, 0.3) is 0 Å². The molecule has 3 bridgehead atoms. The summed E-state index contributed by atoms with van der Waals surface area (Å²) in [5.41, 5.74) is 4.24. The fourth-order valence-electron chi connectivity index (χ4n) is 6.24. The first-order valence-electron chi connectivity index (χ1n) is 9.68. The Morgan fingerprint density at radius 3 is 2.88 bits per heavy atom. The van der Waals surface area contributed by atoms with E-state index in [4.69, 9.17) is 4.98 Å². The van der Waals surface area contributed by atoms with Crippen LogP contribution in [0.5, 0.6) is 0 Å². The lowest BCUT2D eigenvalue weighted by atomic mass is 9.68. The van der Waals surface area contributed by atoms with E-state index in [2.05, 4.69) is 33.1 Å². The molecule has 0 amide bonds. The maximum atomic E-state index is 5.15. The second-order valence-corrected chi connectivity index (χ2v) is 9.42. The van der Waals surface area contributed by atoms with Crippen LogP contribution in [0.2, 0.25) is 0 Å². The lowest BCUT2D eigenvalue weighted by molar-refractivity contribution is 0.215. The van der Waals surface area contributed by atoms with Gasteiger partial charge < -0.3 is 0 Å². The highest BCUT2D eigenvalue weighted by atomic mass is 32.1. The normalized spacial score (nSPS) is 33.8. The van der Waals surface area contributed by atoms with Crippen LogP contribution < -0.4 is 0 Å². The summed E-state index contributed by atoms with van der Waals surface area (Å²) in [5, 5.41) is 2.23. The molecule has 3 saturated carbocycles. The van der Waals surface area contributed by atoms with Crippen LogP contribution in [0.1, 0.15) is 50.6 Å². The topological polar surface area (TPSA) is 30.2 Å². The molecular formula is C21H23N3S. The minimum atomic E-state index is 0.375. The Labute approximate surface area is 152 Å². The lowest BCUT2D eigenvalue weighted by Gasteiger charge is -2.36. The zero-order valence-electron chi connectivity index (χ0n) is 14.4. The molecule has 3 aromatic heterocycles. The molecule has 4 heteroatoms. The molecule has 3 nitrogen and oxygen atoms in total. The van der Waals surface area contributed by atoms with Crippen molar-refractivity contribution in [1.82, 2.24) is 14.4 Å². The van der Waals surface area contributed by atoms with Crippen molar-refractivity contribution in [3.8, 4) is 11.3 Å². The van der Waals surface area contributed by atoms with Gasteiger partial charge in [-0.2, -0.15) is 0 Å². The van der Waals surface area contributed by atoms with Gasteiger partial charge in [0, 0.05) is 34.9 Å². The van der Waals surface area contributed by atoms with E-state index in [1.54, 1.807) is 11.3 Å². The van der Waals surface area contributed by atoms with E-state index in [0.717, 1.165) is 22.7 Å². The second-order valence-electron chi connectivity index (χ2n) is 8.58. The molecule has 0 N–H and O–H groups in total. The Hall–Kier alpha value is -1.68. The summed E-state index contributed by atoms with van der Waals surface area (Å²) >= 11 is 1.77. The van der Waals surface area contributed by atoms with Crippen molar-refractivity contribution in [2.24, 2.45) is 17.8 Å². The summed E-state index contributed by atoms with van der Waals surface area (Å²) in [7, 11) is 0. The van der Waals surface area contributed by atoms with Crippen molar-refractivity contribution >= 4 is 16.3 Å². The van der Waals surface area contributed by atoms with Gasteiger partial charge in [0.1, 0.15) is 0 Å². The number of rotatable bonds is 2. The predicted molar refractivity (Wildman–Crippen MR) is 101 cm³/mol. The van der Waals surface area contributed by atoms with Gasteiger partial charge in [0.2, 0.25) is 0 Å². The number of nitrogens with zero attached hydrogens (tertiary/aromatic N) is 3. The number of hydrogen-bond acceptors (Lipinski definition) is 3. The number of fused-ring (bicyclic) bond motifs is 3. The van der Waals surface area contributed by atoms with Gasteiger partial charge in [-0.1, -0.05) is 19.3 Å². The summed E-state index contributed by atoms with van der Waals surface area (Å²) in [6.07, 6.45) is 16.2. The van der Waals surface area contributed by atoms with E-state index in [1.165, 1.54) is 61.9 Å². The highest BCUT2D eigenvalue weighted by Gasteiger charge is 2.53. The molecule has 3 aromatic rings. The standard InChI is InChI=1S/C21H23N3S/c1-2-14-8-17-11-21(9-14,10-16(17)3-1)19-12-24-18(13-25-20(24)23-19)15-4-6-22-7-5-15/h4-7,12-14,16-17H,1-3,8-11H2. The fraction of sp³-hybridized carbons (Fsp3) is 0.524. The molecule has 6 rings (SSSR count). The molecule has 0 spiro atoms. The van der Waals surface area contributed by atoms with Gasteiger partial charge in [-0.3, -0.25) is 9.38 Å². The molecule has 3 heterocycles. The monoisotopic (exact) mass is 349 g/mol. The van der Waals surface area contributed by atoms with Crippen molar-refractivity contribution < 1.29 is 0 Å². The highest BCUT2D eigenvalue weighted by molar-refractivity contribution is 7.15. The average Bonchev–Trinajstić information content (AvgIpc) is 3.25. The van der Waals surface area contributed by atoms with Gasteiger partial charge in [-0.15, -0.1) is 11.3 Å². The van der Waals surface area contributed by atoms with E-state index in [0.29, 0.717) is 5.41 Å². The summed E-state index contributed by atoms with van der Waals surface area (Å²) in [5.74, 6) is 2.89. The molecular weight excluding hydrogens is 326 g/mol. The number of pyridine rings is 1. The molecule has 4 unspecified atom stereocenters. The Morgan fingerprint density at radius 2 is 1.96 bits per heavy atom. The molecule has 0 radical (unpaired) electrons. The second kappa shape index (κ2) is 5.16. The van der Waals surface area contributed by atoms with Crippen LogP contribution in [0.25, 0.3) is 16.2 Å². The SMILES string of the molecule is c1cc(-c2csc3nc(C45CC6CCCC(C4)C(C6)C5)cn23)ccn1. The van der Waals surface area contributed by atoms with Gasteiger partial charge in [-0.05, 0) is 55.6 Å². The quantitative estimate of drug-likeness (QED) is 0.627. The average molecular weight is 350 g/mol. The van der Waals surface area contributed by atoms with E-state index in [1.807, 2.05) is 12.4 Å². The molecule has 4 atom stereocenters. The largest absolute Gasteiger partial charge is 0.290 e. The van der Waals surface area contributed by atoms with Crippen LogP contribution >= 0.6 is 11.3 Å². The van der Waals surface area contributed by atoms with Gasteiger partial charge in [0.15, 0.2) is 4.96 Å². The van der Waals surface area contributed by atoms with Crippen LogP contribution in [-0.4, -0.2) is 14.4 Å². The molecule has 3 fully saturated rings. The lowest BCUT2D eigenvalue weighted by Crippen LogP contribution is -2.31. The Kier molecular flexibility index (Phi) is 2.99. The van der Waals surface area contributed by atoms with Crippen LogP contribution in [-0.2, 0) is 5.41 Å². The van der Waals surface area contributed by atoms with Crippen LogP contribution in [0.4, 0.5) is 0 Å². The first-order chi connectivity index (χ1) is 12.3. The fourth-order valence-corrected chi connectivity index (χ4v) is 7.12. The number of thiazole rings is 1. The zero-order valence-corrected chi connectivity index (χ0v) is 15.2. The smallest absolute Gasteiger partial charge is 0.194 e. The Balaban J connectivity index is 1.45. The molecule has 128 valence electrons. The summed E-state index contributed by atoms with van der Waals surface area (Å²) in [4.78, 5) is 10.4. The Morgan fingerprint density at radius 1 is 1.08 bits per heavy atom. The first-order valence-corrected chi connectivity index (χ1v) is 10.6. The van der Waals surface area contributed by atoms with Gasteiger partial charge in [0.05, 0.1) is 11.4 Å². The maximum Gasteiger partial charge on any atom is 0.194 e. The van der Waals surface area contributed by atoms with E-state index in [-0.39, 0.29) is 0 Å². The highest BCUT2D eigenvalue weighted by Crippen LogP contribution is 2.60. The zero-order chi connectivity index (χ0) is 16.4. The van der Waals surface area contributed by atoms with E-state index in [9.17, 15) is 0 Å². The van der Waals surface area contributed by atoms with E-state index < -0.39 is 0 Å². The number of imidazole rings is 1. The number of aromatic nitrogens is 3. The molecule has 0 aromatic carbocycles. The third-order valence-electron chi connectivity index (χ3n) is 7.20. The van der Waals surface area contributed by atoms with Crippen molar-refractivity contribution in [3.63, 3.8) is 0 Å². The Bertz CT molecular complexity index is 923. The van der Waals surface area contributed by atoms with Crippen LogP contribution in [0.15, 0.2) is 36.1 Å². The van der Waals surface area contributed by atoms with Crippen molar-refractivity contribution in [2.75, 3.05) is 0 Å². The van der Waals surface area contributed by atoms with Crippen molar-refractivity contribution in [2.45, 2.75) is 50.4 Å². The van der Waals surface area contributed by atoms with Crippen LogP contribution in [0.3, 0.4) is 0 Å². The molecule has 0 aliphatic heterocycles. The maximum absolute atomic E-state index is 5.15. The van der Waals surface area contributed by atoms with Crippen molar-refractivity contribution in [3.05, 3.63) is 41.8 Å². The molecule has 3 aliphatic rings. The van der Waals surface area contributed by atoms with Gasteiger partial charge >= 0.3 is 0 Å². The summed E-state index contributed by atoms with van der Waals surface area (Å²) < 4.78 is 2.32. The summed E-state index contributed by atoms with van der Waals surface area (Å²) in [6.45, 7) is 0. The molecule has 25 heavy (non-hydrogen) atoms. The summed E-state index contributed by atoms with van der Waals surface area (Å²) in [6, 6.07) is 4.19. The molecule has 0 saturated heterocycles. The van der Waals surface area contributed by atoms with Gasteiger partial charge in [-0.25, -0.2) is 4.98 Å². The predicted octanol–water partition coefficient (Wildman–Crippen LogP) is 5.32. The third kappa shape index (κ3) is 2.10. The minimum Gasteiger partial charge on any atom is -0.290 e. The van der Waals surface area contributed by atoms with Crippen molar-refractivity contribution in [1.29, 1.82) is 0 Å².